The van der Waals surface area contributed by atoms with Crippen LogP contribution in [0.2, 0.25) is 5.02 Å². The molecule has 11 heteroatoms. The molecule has 0 bridgehead atoms. The molecule has 2 amide bonds. The standard InChI is InChI=1S/C13H13ClN4O5S/c14-9-3-1-8(2-4-9)10-5-23-13(16-10)17-11(19)6-24(21,22)7-12(20)18-15/h1-5H,6-7,15H2,(H,18,20)(H,16,17,19). The van der Waals surface area contributed by atoms with Crippen LogP contribution in [0.5, 0.6) is 0 Å². The van der Waals surface area contributed by atoms with Crippen LogP contribution in [0, 0.1) is 0 Å². The number of aromatic nitrogens is 1. The van der Waals surface area contributed by atoms with Crippen molar-refractivity contribution in [3.8, 4) is 11.3 Å². The monoisotopic (exact) mass is 372 g/mol. The van der Waals surface area contributed by atoms with Crippen LogP contribution in [-0.2, 0) is 19.4 Å². The second kappa shape index (κ2) is 7.43. The maximum atomic E-state index is 11.7. The fourth-order valence-corrected chi connectivity index (χ4v) is 2.91. The zero-order valence-electron chi connectivity index (χ0n) is 12.2. The number of anilines is 1. The van der Waals surface area contributed by atoms with Crippen LogP contribution in [-0.4, -0.2) is 36.7 Å². The zero-order valence-corrected chi connectivity index (χ0v) is 13.7. The third-order valence-corrected chi connectivity index (χ3v) is 4.41. The number of hydrogen-bond acceptors (Lipinski definition) is 7. The Labute approximate surface area is 142 Å². The lowest BCUT2D eigenvalue weighted by Crippen LogP contribution is -2.37. The molecule has 0 saturated carbocycles. The van der Waals surface area contributed by atoms with Crippen molar-refractivity contribution < 1.29 is 22.4 Å². The molecule has 0 aliphatic rings. The van der Waals surface area contributed by atoms with Gasteiger partial charge < -0.3 is 4.42 Å². The van der Waals surface area contributed by atoms with Gasteiger partial charge in [0.2, 0.25) is 11.8 Å². The number of benzene rings is 1. The molecule has 0 spiro atoms. The summed E-state index contributed by atoms with van der Waals surface area (Å²) in [5, 5.41) is 2.76. The largest absolute Gasteiger partial charge is 0.431 e. The maximum absolute atomic E-state index is 11.7. The quantitative estimate of drug-likeness (QED) is 0.376. The van der Waals surface area contributed by atoms with E-state index in [4.69, 9.17) is 21.9 Å². The number of nitrogens with two attached hydrogens (primary N) is 1. The number of hydrogen-bond donors (Lipinski definition) is 3. The predicted octanol–water partition coefficient (Wildman–Crippen LogP) is 0.338. The Bertz CT molecular complexity index is 848. The van der Waals surface area contributed by atoms with Crippen molar-refractivity contribution in [1.29, 1.82) is 0 Å². The third-order valence-electron chi connectivity index (χ3n) is 2.75. The molecule has 128 valence electrons. The number of amides is 2. The summed E-state index contributed by atoms with van der Waals surface area (Å²) in [5.41, 5.74) is 2.82. The number of nitrogens with zero attached hydrogens (tertiary/aromatic N) is 1. The number of oxazole rings is 1. The normalized spacial score (nSPS) is 11.1. The van der Waals surface area contributed by atoms with E-state index in [0.29, 0.717) is 16.3 Å². The lowest BCUT2D eigenvalue weighted by Gasteiger charge is -2.03. The van der Waals surface area contributed by atoms with E-state index >= 15 is 0 Å². The van der Waals surface area contributed by atoms with Gasteiger partial charge in [0.05, 0.1) is 0 Å². The van der Waals surface area contributed by atoms with Gasteiger partial charge in [0.15, 0.2) is 9.84 Å². The first-order valence-corrected chi connectivity index (χ1v) is 8.70. The van der Waals surface area contributed by atoms with E-state index in [1.54, 1.807) is 29.7 Å². The molecule has 0 saturated heterocycles. The molecule has 0 radical (unpaired) electrons. The number of carbonyl (C=O) groups is 2. The van der Waals surface area contributed by atoms with Crippen LogP contribution in [0.15, 0.2) is 34.9 Å². The van der Waals surface area contributed by atoms with Gasteiger partial charge >= 0.3 is 6.01 Å². The van der Waals surface area contributed by atoms with E-state index in [1.165, 1.54) is 6.26 Å². The highest BCUT2D eigenvalue weighted by Crippen LogP contribution is 2.22. The van der Waals surface area contributed by atoms with E-state index in [2.05, 4.69) is 10.3 Å². The Morgan fingerprint density at radius 1 is 1.17 bits per heavy atom. The summed E-state index contributed by atoms with van der Waals surface area (Å²) in [6.07, 6.45) is 1.30. The Kier molecular flexibility index (Phi) is 5.54. The van der Waals surface area contributed by atoms with Crippen molar-refractivity contribution in [2.45, 2.75) is 0 Å². The number of carbonyl (C=O) groups excluding carboxylic acids is 2. The summed E-state index contributed by atoms with van der Waals surface area (Å²) in [6, 6.07) is 6.59. The molecule has 0 fully saturated rings. The molecule has 0 unspecified atom stereocenters. The van der Waals surface area contributed by atoms with Gasteiger partial charge in [0.25, 0.3) is 0 Å². The van der Waals surface area contributed by atoms with Gasteiger partial charge in [-0.15, -0.1) is 0 Å². The molecule has 0 atom stereocenters. The van der Waals surface area contributed by atoms with Gasteiger partial charge in [-0.25, -0.2) is 14.3 Å². The zero-order chi connectivity index (χ0) is 17.7. The van der Waals surface area contributed by atoms with Crippen molar-refractivity contribution in [2.24, 2.45) is 5.84 Å². The summed E-state index contributed by atoms with van der Waals surface area (Å²) in [7, 11) is -3.95. The summed E-state index contributed by atoms with van der Waals surface area (Å²) in [5.74, 6) is 1.21. The molecule has 4 N–H and O–H groups in total. The molecule has 2 rings (SSSR count). The highest BCUT2D eigenvalue weighted by atomic mass is 35.5. The summed E-state index contributed by atoms with van der Waals surface area (Å²) in [6.45, 7) is 0. The average Bonchev–Trinajstić information content (AvgIpc) is 2.94. The molecule has 0 aliphatic carbocycles. The molecule has 0 aliphatic heterocycles. The second-order valence-corrected chi connectivity index (χ2v) is 7.19. The molecule has 1 heterocycles. The van der Waals surface area contributed by atoms with Crippen molar-refractivity contribution in [2.75, 3.05) is 16.8 Å². The minimum Gasteiger partial charge on any atom is -0.431 e. The van der Waals surface area contributed by atoms with E-state index in [9.17, 15) is 18.0 Å². The van der Waals surface area contributed by atoms with Crippen molar-refractivity contribution in [3.63, 3.8) is 0 Å². The van der Waals surface area contributed by atoms with Crippen molar-refractivity contribution in [3.05, 3.63) is 35.6 Å². The van der Waals surface area contributed by atoms with Crippen LogP contribution in [0.3, 0.4) is 0 Å². The molecular weight excluding hydrogens is 360 g/mol. The number of halogens is 1. The maximum Gasteiger partial charge on any atom is 0.301 e. The Morgan fingerprint density at radius 3 is 2.42 bits per heavy atom. The Hall–Kier alpha value is -2.43. The minimum absolute atomic E-state index is 0.163. The van der Waals surface area contributed by atoms with Gasteiger partial charge in [-0.3, -0.25) is 20.3 Å². The van der Waals surface area contributed by atoms with Gasteiger partial charge in [-0.1, -0.05) is 23.7 Å². The van der Waals surface area contributed by atoms with Crippen LogP contribution in [0.25, 0.3) is 11.3 Å². The number of hydrazine groups is 1. The van der Waals surface area contributed by atoms with Crippen LogP contribution in [0.4, 0.5) is 6.01 Å². The van der Waals surface area contributed by atoms with Gasteiger partial charge in [0.1, 0.15) is 23.5 Å². The first kappa shape index (κ1) is 17.9. The Morgan fingerprint density at radius 2 is 1.79 bits per heavy atom. The van der Waals surface area contributed by atoms with Crippen LogP contribution >= 0.6 is 11.6 Å². The number of nitrogens with one attached hydrogen (secondary N) is 2. The lowest BCUT2D eigenvalue weighted by atomic mass is 10.2. The summed E-state index contributed by atoms with van der Waals surface area (Å²) in [4.78, 5) is 26.7. The van der Waals surface area contributed by atoms with Crippen LogP contribution < -0.4 is 16.6 Å². The van der Waals surface area contributed by atoms with Crippen LogP contribution in [0.1, 0.15) is 0 Å². The smallest absolute Gasteiger partial charge is 0.301 e. The van der Waals surface area contributed by atoms with E-state index < -0.39 is 33.2 Å². The molecule has 1 aromatic carbocycles. The van der Waals surface area contributed by atoms with E-state index in [-0.39, 0.29) is 6.01 Å². The van der Waals surface area contributed by atoms with Crippen molar-refractivity contribution in [1.82, 2.24) is 10.4 Å². The number of rotatable bonds is 6. The molecule has 2 aromatic rings. The molecular formula is C13H13ClN4O5S. The van der Waals surface area contributed by atoms with Gasteiger partial charge in [0, 0.05) is 10.6 Å². The van der Waals surface area contributed by atoms with E-state index in [1.807, 2.05) is 0 Å². The highest BCUT2D eigenvalue weighted by Gasteiger charge is 2.21. The minimum atomic E-state index is -3.95. The van der Waals surface area contributed by atoms with Gasteiger partial charge in [-0.05, 0) is 12.1 Å². The first-order chi connectivity index (χ1) is 11.3. The second-order valence-electron chi connectivity index (χ2n) is 4.69. The number of sulfone groups is 1. The van der Waals surface area contributed by atoms with E-state index in [0.717, 1.165) is 0 Å². The molecule has 9 nitrogen and oxygen atoms in total. The SMILES string of the molecule is NNC(=O)CS(=O)(=O)CC(=O)Nc1nc(-c2ccc(Cl)cc2)co1. The summed E-state index contributed by atoms with van der Waals surface area (Å²) < 4.78 is 28.3. The fourth-order valence-electron chi connectivity index (χ4n) is 1.73. The lowest BCUT2D eigenvalue weighted by molar-refractivity contribution is -0.118. The predicted molar refractivity (Wildman–Crippen MR) is 86.6 cm³/mol. The van der Waals surface area contributed by atoms with Gasteiger partial charge in [-0.2, -0.15) is 4.98 Å². The molecule has 1 aromatic heterocycles. The first-order valence-electron chi connectivity index (χ1n) is 6.50. The van der Waals surface area contributed by atoms with Crippen molar-refractivity contribution >= 4 is 39.3 Å². The Balaban J connectivity index is 2.00. The third kappa shape index (κ3) is 5.05. The molecule has 24 heavy (non-hydrogen) atoms. The highest BCUT2D eigenvalue weighted by molar-refractivity contribution is 7.92. The fraction of sp³-hybridized carbons (Fsp3) is 0.154. The average molecular weight is 373 g/mol. The summed E-state index contributed by atoms with van der Waals surface area (Å²) >= 11 is 5.79. The topological polar surface area (TPSA) is 144 Å².